The number of halogens is 2. The second-order valence-electron chi connectivity index (χ2n) is 9.43. The van der Waals surface area contributed by atoms with Crippen LogP contribution in [-0.2, 0) is 24.1 Å². The van der Waals surface area contributed by atoms with E-state index in [2.05, 4.69) is 5.32 Å². The standard InChI is InChI=1S/C28H22Cl2N2O3/c1-16(17-9-3-2-4-10-17)31-22(33)15-32-25(34)23-24(26(32)35)28(30)19-12-6-5-11-18(19)27(23,29)20-13-7-8-14-21(20)28/h2-14,16,23-24H,15H2,1H3,(H,31,33)/t16-,23-,24+,27?,28?/m1/s1. The van der Waals surface area contributed by atoms with Crippen molar-refractivity contribution in [1.82, 2.24) is 10.2 Å². The number of carbonyl (C=O) groups excluding carboxylic acids is 3. The van der Waals surface area contributed by atoms with Gasteiger partial charge in [-0.05, 0) is 34.7 Å². The minimum absolute atomic E-state index is 0.276. The third-order valence-corrected chi connectivity index (χ3v) is 8.94. The maximum Gasteiger partial charge on any atom is 0.240 e. The minimum Gasteiger partial charge on any atom is -0.348 e. The summed E-state index contributed by atoms with van der Waals surface area (Å²) in [5.74, 6) is -3.16. The number of hydrogen-bond donors (Lipinski definition) is 1. The zero-order valence-electron chi connectivity index (χ0n) is 18.9. The molecule has 2 bridgehead atoms. The normalized spacial score (nSPS) is 28.8. The van der Waals surface area contributed by atoms with Crippen molar-refractivity contribution >= 4 is 40.9 Å². The van der Waals surface area contributed by atoms with Gasteiger partial charge in [-0.3, -0.25) is 19.3 Å². The highest BCUT2D eigenvalue weighted by atomic mass is 35.5. The molecule has 0 spiro atoms. The van der Waals surface area contributed by atoms with E-state index >= 15 is 0 Å². The summed E-state index contributed by atoms with van der Waals surface area (Å²) in [5.41, 5.74) is 3.88. The molecule has 7 rings (SSSR count). The molecule has 3 amide bonds. The molecule has 1 N–H and O–H groups in total. The van der Waals surface area contributed by atoms with E-state index in [0.29, 0.717) is 0 Å². The predicted octanol–water partition coefficient (Wildman–Crippen LogP) is 4.46. The highest BCUT2D eigenvalue weighted by molar-refractivity contribution is 6.36. The molecule has 1 heterocycles. The number of likely N-dealkylation sites (tertiary alicyclic amines) is 1. The summed E-state index contributed by atoms with van der Waals surface area (Å²) in [7, 11) is 0. The molecule has 3 aliphatic carbocycles. The Morgan fingerprint density at radius 2 is 1.20 bits per heavy atom. The summed E-state index contributed by atoms with van der Waals surface area (Å²) < 4.78 is 0. The molecule has 0 radical (unpaired) electrons. The van der Waals surface area contributed by atoms with E-state index in [1.807, 2.05) is 85.8 Å². The van der Waals surface area contributed by atoms with Crippen LogP contribution in [0.4, 0.5) is 0 Å². The number of hydrogen-bond acceptors (Lipinski definition) is 3. The zero-order chi connectivity index (χ0) is 24.5. The predicted molar refractivity (Wildman–Crippen MR) is 133 cm³/mol. The average Bonchev–Trinajstić information content (AvgIpc) is 3.13. The maximum atomic E-state index is 13.8. The smallest absolute Gasteiger partial charge is 0.240 e. The number of nitrogens with one attached hydrogen (secondary N) is 1. The summed E-state index contributed by atoms with van der Waals surface area (Å²) in [6.45, 7) is 1.48. The molecule has 1 saturated heterocycles. The van der Waals surface area contributed by atoms with Crippen molar-refractivity contribution in [2.45, 2.75) is 22.7 Å². The molecule has 35 heavy (non-hydrogen) atoms. The lowest BCUT2D eigenvalue weighted by Crippen LogP contribution is -2.57. The first-order chi connectivity index (χ1) is 16.8. The molecule has 1 aliphatic heterocycles. The van der Waals surface area contributed by atoms with Crippen LogP contribution in [0.15, 0.2) is 78.9 Å². The molecule has 0 aromatic heterocycles. The lowest BCUT2D eigenvalue weighted by atomic mass is 9.54. The van der Waals surface area contributed by atoms with Crippen LogP contribution in [-0.4, -0.2) is 29.2 Å². The van der Waals surface area contributed by atoms with Crippen LogP contribution in [0.5, 0.6) is 0 Å². The van der Waals surface area contributed by atoms with Crippen molar-refractivity contribution in [1.29, 1.82) is 0 Å². The van der Waals surface area contributed by atoms with Crippen molar-refractivity contribution < 1.29 is 14.4 Å². The van der Waals surface area contributed by atoms with Crippen LogP contribution >= 0.6 is 23.2 Å². The van der Waals surface area contributed by atoms with E-state index in [0.717, 1.165) is 32.7 Å². The topological polar surface area (TPSA) is 66.5 Å². The Morgan fingerprint density at radius 3 is 1.63 bits per heavy atom. The highest BCUT2D eigenvalue weighted by Crippen LogP contribution is 2.69. The fourth-order valence-corrected chi connectivity index (χ4v) is 7.23. The van der Waals surface area contributed by atoms with Crippen molar-refractivity contribution in [2.24, 2.45) is 11.8 Å². The van der Waals surface area contributed by atoms with Crippen molar-refractivity contribution in [3.05, 3.63) is 107 Å². The van der Waals surface area contributed by atoms with Crippen LogP contribution < -0.4 is 5.32 Å². The van der Waals surface area contributed by atoms with E-state index in [1.54, 1.807) is 0 Å². The molecular formula is C28H22Cl2N2O3. The number of rotatable bonds is 4. The number of alkyl halides is 2. The number of benzene rings is 3. The maximum absolute atomic E-state index is 13.8. The van der Waals surface area contributed by atoms with E-state index < -0.39 is 39.3 Å². The van der Waals surface area contributed by atoms with Crippen LogP contribution in [0.3, 0.4) is 0 Å². The van der Waals surface area contributed by atoms with E-state index in [1.165, 1.54) is 0 Å². The van der Waals surface area contributed by atoms with Gasteiger partial charge in [-0.1, -0.05) is 78.9 Å². The molecule has 3 aromatic rings. The summed E-state index contributed by atoms with van der Waals surface area (Å²) >= 11 is 14.8. The lowest BCUT2D eigenvalue weighted by Gasteiger charge is -2.54. The number of amides is 3. The van der Waals surface area contributed by atoms with Gasteiger partial charge in [-0.25, -0.2) is 0 Å². The van der Waals surface area contributed by atoms with Gasteiger partial charge in [0.15, 0.2) is 0 Å². The first-order valence-corrected chi connectivity index (χ1v) is 12.3. The molecule has 3 atom stereocenters. The number of imide groups is 1. The largest absolute Gasteiger partial charge is 0.348 e. The van der Waals surface area contributed by atoms with Crippen molar-refractivity contribution in [3.8, 4) is 0 Å². The number of carbonyl (C=O) groups is 3. The van der Waals surface area contributed by atoms with Gasteiger partial charge in [-0.15, -0.1) is 23.2 Å². The van der Waals surface area contributed by atoms with E-state index in [9.17, 15) is 14.4 Å². The van der Waals surface area contributed by atoms with Crippen LogP contribution in [0, 0.1) is 11.8 Å². The van der Waals surface area contributed by atoms with Crippen LogP contribution in [0.2, 0.25) is 0 Å². The fraction of sp³-hybridized carbons (Fsp3) is 0.250. The Labute approximate surface area is 213 Å². The monoisotopic (exact) mass is 504 g/mol. The molecule has 3 aromatic carbocycles. The molecule has 5 nitrogen and oxygen atoms in total. The molecule has 7 heteroatoms. The molecule has 0 unspecified atom stereocenters. The second-order valence-corrected chi connectivity index (χ2v) is 10.6. The van der Waals surface area contributed by atoms with Gasteiger partial charge in [0.05, 0.1) is 17.9 Å². The van der Waals surface area contributed by atoms with Gasteiger partial charge in [0, 0.05) is 0 Å². The SMILES string of the molecule is C[C@@H](NC(=O)CN1C(=O)[C@@H]2[C@H](C1=O)C1(Cl)c3ccccc3C2(Cl)c2ccccc21)c1ccccc1. The lowest BCUT2D eigenvalue weighted by molar-refractivity contribution is -0.144. The Bertz CT molecular complexity index is 1270. The molecule has 1 fully saturated rings. The Hall–Kier alpha value is -3.15. The number of nitrogens with zero attached hydrogens (tertiary/aromatic N) is 1. The summed E-state index contributed by atoms with van der Waals surface area (Å²) in [6.07, 6.45) is 0. The first-order valence-electron chi connectivity index (χ1n) is 11.6. The third-order valence-electron chi connectivity index (χ3n) is 7.66. The third kappa shape index (κ3) is 2.85. The zero-order valence-corrected chi connectivity index (χ0v) is 20.4. The Kier molecular flexibility index (Phi) is 4.89. The van der Waals surface area contributed by atoms with Gasteiger partial charge in [0.2, 0.25) is 17.7 Å². The molecule has 4 aliphatic rings. The van der Waals surface area contributed by atoms with E-state index in [4.69, 9.17) is 23.2 Å². The average molecular weight is 505 g/mol. The second kappa shape index (κ2) is 7.67. The summed E-state index contributed by atoms with van der Waals surface area (Å²) in [4.78, 5) is 39.0. The summed E-state index contributed by atoms with van der Waals surface area (Å²) in [6, 6.07) is 24.2. The van der Waals surface area contributed by atoms with Gasteiger partial charge >= 0.3 is 0 Å². The van der Waals surface area contributed by atoms with E-state index in [-0.39, 0.29) is 12.6 Å². The molecular weight excluding hydrogens is 483 g/mol. The molecule has 0 saturated carbocycles. The molecule has 176 valence electrons. The van der Waals surface area contributed by atoms with Crippen LogP contribution in [0.25, 0.3) is 0 Å². The highest BCUT2D eigenvalue weighted by Gasteiger charge is 2.73. The minimum atomic E-state index is -1.25. The Morgan fingerprint density at radius 1 is 0.800 bits per heavy atom. The van der Waals surface area contributed by atoms with Gasteiger partial charge in [0.25, 0.3) is 0 Å². The van der Waals surface area contributed by atoms with Crippen molar-refractivity contribution in [3.63, 3.8) is 0 Å². The van der Waals surface area contributed by atoms with Gasteiger partial charge < -0.3 is 5.32 Å². The van der Waals surface area contributed by atoms with Gasteiger partial charge in [0.1, 0.15) is 16.3 Å². The summed E-state index contributed by atoms with van der Waals surface area (Å²) in [5, 5.41) is 2.89. The quantitative estimate of drug-likeness (QED) is 0.421. The van der Waals surface area contributed by atoms with Crippen molar-refractivity contribution in [2.75, 3.05) is 6.54 Å². The Balaban J connectivity index is 1.38. The fourth-order valence-electron chi connectivity index (χ4n) is 6.14. The first kappa shape index (κ1) is 22.3. The van der Waals surface area contributed by atoms with Gasteiger partial charge in [-0.2, -0.15) is 0 Å². The van der Waals surface area contributed by atoms with Crippen LogP contribution in [0.1, 0.15) is 40.8 Å².